The van der Waals surface area contributed by atoms with Crippen LogP contribution >= 0.6 is 0 Å². The Hall–Kier alpha value is -2.83. The van der Waals surface area contributed by atoms with E-state index in [-0.39, 0.29) is 23.2 Å². The van der Waals surface area contributed by atoms with Gasteiger partial charge in [-0.3, -0.25) is 10.1 Å². The smallest absolute Gasteiger partial charge is 0.416 e. The van der Waals surface area contributed by atoms with E-state index < -0.39 is 29.2 Å². The van der Waals surface area contributed by atoms with E-state index in [1.54, 1.807) is 32.9 Å². The second-order valence-electron chi connectivity index (χ2n) is 6.97. The summed E-state index contributed by atoms with van der Waals surface area (Å²) in [6.07, 6.45) is -5.42. The van der Waals surface area contributed by atoms with Gasteiger partial charge in [-0.15, -0.1) is 0 Å². The van der Waals surface area contributed by atoms with Gasteiger partial charge in [-0.2, -0.15) is 13.2 Å². The fraction of sp³-hybridized carbons (Fsp3) is 0.300. The Morgan fingerprint density at radius 2 is 1.67 bits per heavy atom. The molecule has 7 heteroatoms. The van der Waals surface area contributed by atoms with E-state index in [1.165, 1.54) is 24.3 Å². The second kappa shape index (κ2) is 7.82. The summed E-state index contributed by atoms with van der Waals surface area (Å²) in [5, 5.41) is 2.51. The highest BCUT2D eigenvalue weighted by Gasteiger charge is 2.30. The molecule has 4 nitrogen and oxygen atoms in total. The molecule has 0 aliphatic heterocycles. The van der Waals surface area contributed by atoms with E-state index in [2.05, 4.69) is 5.32 Å². The van der Waals surface area contributed by atoms with Crippen molar-refractivity contribution in [2.45, 2.75) is 39.0 Å². The zero-order chi connectivity index (χ0) is 20.2. The van der Waals surface area contributed by atoms with Crippen molar-refractivity contribution >= 4 is 17.6 Å². The van der Waals surface area contributed by atoms with E-state index >= 15 is 0 Å². The average molecular weight is 379 g/mol. The number of ketones is 1. The fourth-order valence-electron chi connectivity index (χ4n) is 2.39. The summed E-state index contributed by atoms with van der Waals surface area (Å²) >= 11 is 0. The number of alkyl halides is 3. The van der Waals surface area contributed by atoms with Crippen LogP contribution in [0.15, 0.2) is 48.5 Å². The number of benzene rings is 2. The molecule has 0 aromatic heterocycles. The number of ether oxygens (including phenoxy) is 1. The molecule has 0 radical (unpaired) electrons. The van der Waals surface area contributed by atoms with Gasteiger partial charge in [0.25, 0.3) is 0 Å². The van der Waals surface area contributed by atoms with E-state index in [0.717, 1.165) is 12.1 Å². The average Bonchev–Trinajstić information content (AvgIpc) is 2.53. The summed E-state index contributed by atoms with van der Waals surface area (Å²) < 4.78 is 43.6. The summed E-state index contributed by atoms with van der Waals surface area (Å²) in [5.41, 5.74) is -0.847. The van der Waals surface area contributed by atoms with Crippen molar-refractivity contribution in [3.63, 3.8) is 0 Å². The minimum absolute atomic E-state index is 0.195. The first kappa shape index (κ1) is 20.5. The lowest BCUT2D eigenvalue weighted by atomic mass is 10.00. The van der Waals surface area contributed by atoms with Gasteiger partial charge in [0.05, 0.1) is 11.3 Å². The number of carbonyl (C=O) groups is 2. The van der Waals surface area contributed by atoms with Crippen molar-refractivity contribution < 1.29 is 27.5 Å². The van der Waals surface area contributed by atoms with Gasteiger partial charge < -0.3 is 4.74 Å². The summed E-state index contributed by atoms with van der Waals surface area (Å²) in [7, 11) is 0. The van der Waals surface area contributed by atoms with Crippen molar-refractivity contribution in [1.29, 1.82) is 0 Å². The molecule has 0 saturated carbocycles. The lowest BCUT2D eigenvalue weighted by Crippen LogP contribution is -2.27. The van der Waals surface area contributed by atoms with Gasteiger partial charge in [-0.25, -0.2) is 4.79 Å². The van der Waals surface area contributed by atoms with Gasteiger partial charge in [0.2, 0.25) is 0 Å². The maximum Gasteiger partial charge on any atom is 0.416 e. The molecule has 2 aromatic rings. The number of Topliss-reactive ketones (excluding diaryl/α,β-unsaturated/α-hetero) is 1. The monoisotopic (exact) mass is 379 g/mol. The highest BCUT2D eigenvalue weighted by Crippen LogP contribution is 2.30. The summed E-state index contributed by atoms with van der Waals surface area (Å²) in [5.74, 6) is -0.416. The van der Waals surface area contributed by atoms with Crippen LogP contribution in [0.1, 0.15) is 42.3 Å². The molecule has 2 aromatic carbocycles. The number of carbonyl (C=O) groups excluding carboxylic acids is 2. The van der Waals surface area contributed by atoms with Crippen molar-refractivity contribution in [2.24, 2.45) is 0 Å². The van der Waals surface area contributed by atoms with Crippen LogP contribution in [0.25, 0.3) is 0 Å². The fourth-order valence-corrected chi connectivity index (χ4v) is 2.39. The first-order valence-electron chi connectivity index (χ1n) is 8.24. The molecule has 144 valence electrons. The topological polar surface area (TPSA) is 55.4 Å². The molecule has 0 unspecified atom stereocenters. The second-order valence-corrected chi connectivity index (χ2v) is 6.97. The van der Waals surface area contributed by atoms with Crippen molar-refractivity contribution in [3.8, 4) is 0 Å². The van der Waals surface area contributed by atoms with Crippen LogP contribution in [0.3, 0.4) is 0 Å². The number of halogens is 3. The number of amides is 1. The Labute approximate surface area is 155 Å². The lowest BCUT2D eigenvalue weighted by Gasteiger charge is -2.20. The van der Waals surface area contributed by atoms with Gasteiger partial charge in [-0.1, -0.05) is 30.3 Å². The maximum atomic E-state index is 12.8. The molecule has 0 aliphatic rings. The number of hydrogen-bond donors (Lipinski definition) is 1. The van der Waals surface area contributed by atoms with E-state index in [9.17, 15) is 22.8 Å². The van der Waals surface area contributed by atoms with E-state index in [4.69, 9.17) is 4.74 Å². The van der Waals surface area contributed by atoms with Crippen LogP contribution in [0.4, 0.5) is 23.7 Å². The molecule has 1 amide bonds. The highest BCUT2D eigenvalue weighted by atomic mass is 19.4. The molecular formula is C20H20F3NO3. The zero-order valence-corrected chi connectivity index (χ0v) is 15.2. The number of nitrogens with one attached hydrogen (secondary N) is 1. The molecule has 2 rings (SSSR count). The Kier molecular flexibility index (Phi) is 5.93. The predicted octanol–water partition coefficient (Wildman–Crippen LogP) is 5.48. The van der Waals surface area contributed by atoms with E-state index in [0.29, 0.717) is 0 Å². The summed E-state index contributed by atoms with van der Waals surface area (Å²) in [6, 6.07) is 10.9. The Bertz CT molecular complexity index is 839. The van der Waals surface area contributed by atoms with Crippen molar-refractivity contribution in [2.75, 3.05) is 5.32 Å². The normalized spacial score (nSPS) is 11.8. The van der Waals surface area contributed by atoms with Gasteiger partial charge in [0.1, 0.15) is 5.60 Å². The number of anilines is 1. The van der Waals surface area contributed by atoms with Crippen molar-refractivity contribution in [3.05, 3.63) is 65.2 Å². The molecule has 0 fully saturated rings. The molecule has 0 aliphatic carbocycles. The molecule has 1 N–H and O–H groups in total. The van der Waals surface area contributed by atoms with E-state index in [1.807, 2.05) is 0 Å². The highest BCUT2D eigenvalue weighted by molar-refractivity contribution is 6.04. The minimum Gasteiger partial charge on any atom is -0.444 e. The van der Waals surface area contributed by atoms with Gasteiger partial charge in [-0.05, 0) is 44.5 Å². The molecule has 27 heavy (non-hydrogen) atoms. The molecule has 0 heterocycles. The quantitative estimate of drug-likeness (QED) is 0.716. The Morgan fingerprint density at radius 1 is 1.00 bits per heavy atom. The molecule has 0 saturated heterocycles. The summed E-state index contributed by atoms with van der Waals surface area (Å²) in [6.45, 7) is 5.12. The molecule has 0 atom stereocenters. The van der Waals surface area contributed by atoms with Crippen LogP contribution in [0, 0.1) is 0 Å². The molecule has 0 bridgehead atoms. The van der Waals surface area contributed by atoms with Crippen LogP contribution in [-0.4, -0.2) is 17.5 Å². The van der Waals surface area contributed by atoms with Crippen LogP contribution < -0.4 is 5.32 Å². The summed E-state index contributed by atoms with van der Waals surface area (Å²) in [4.78, 5) is 24.5. The van der Waals surface area contributed by atoms with Gasteiger partial charge in [0, 0.05) is 12.0 Å². The van der Waals surface area contributed by atoms with Crippen LogP contribution in [0.2, 0.25) is 0 Å². The number of hydrogen-bond acceptors (Lipinski definition) is 3. The Balaban J connectivity index is 2.19. The van der Waals surface area contributed by atoms with Crippen LogP contribution in [0.5, 0.6) is 0 Å². The third-order valence-electron chi connectivity index (χ3n) is 3.48. The van der Waals surface area contributed by atoms with Crippen molar-refractivity contribution in [1.82, 2.24) is 0 Å². The minimum atomic E-state index is -4.48. The number of rotatable bonds is 4. The third-order valence-corrected chi connectivity index (χ3v) is 3.48. The zero-order valence-electron chi connectivity index (χ0n) is 15.2. The third kappa shape index (κ3) is 6.13. The predicted molar refractivity (Wildman–Crippen MR) is 95.8 cm³/mol. The Morgan fingerprint density at radius 3 is 2.30 bits per heavy atom. The standard InChI is InChI=1S/C20H20F3NO3/c1-19(2,3)27-18(26)24-16-10-5-4-9-15(16)17(25)12-13-7-6-8-14(11-13)20(21,22)23/h4-11H,12H2,1-3H3,(H,24,26). The SMILES string of the molecule is CC(C)(C)OC(=O)Nc1ccccc1C(=O)Cc1cccc(C(F)(F)F)c1. The maximum absolute atomic E-state index is 12.8. The first-order chi connectivity index (χ1) is 12.5. The molecule has 0 spiro atoms. The first-order valence-corrected chi connectivity index (χ1v) is 8.24. The van der Waals surface area contributed by atoms with Crippen LogP contribution in [-0.2, 0) is 17.3 Å². The van der Waals surface area contributed by atoms with Gasteiger partial charge in [0.15, 0.2) is 5.78 Å². The largest absolute Gasteiger partial charge is 0.444 e. The lowest BCUT2D eigenvalue weighted by molar-refractivity contribution is -0.137. The number of para-hydroxylation sites is 1. The molecular weight excluding hydrogens is 359 g/mol. The van der Waals surface area contributed by atoms with Gasteiger partial charge >= 0.3 is 12.3 Å².